The zero-order valence-electron chi connectivity index (χ0n) is 4.89. The lowest BCUT2D eigenvalue weighted by atomic mass is 10.4. The lowest BCUT2D eigenvalue weighted by molar-refractivity contribution is 0.176. The summed E-state index contributed by atoms with van der Waals surface area (Å²) in [7, 11) is 3.79. The molecule has 0 saturated heterocycles. The summed E-state index contributed by atoms with van der Waals surface area (Å²) in [6, 6.07) is 0. The Bertz CT molecular complexity index is 37.3. The predicted molar refractivity (Wildman–Crippen MR) is 29.9 cm³/mol. The molecule has 0 aromatic carbocycles. The molecule has 0 amide bonds. The summed E-state index contributed by atoms with van der Waals surface area (Å²) >= 11 is 0. The van der Waals surface area contributed by atoms with Crippen molar-refractivity contribution >= 4 is 0 Å². The molecule has 43 valence electrons. The minimum absolute atomic E-state index is 0.449. The van der Waals surface area contributed by atoms with Crippen molar-refractivity contribution in [3.63, 3.8) is 0 Å². The van der Waals surface area contributed by atoms with E-state index in [1.807, 2.05) is 19.0 Å². The molecule has 2 heteroatoms. The van der Waals surface area contributed by atoms with Crippen LogP contribution >= 0.6 is 0 Å². The van der Waals surface area contributed by atoms with Crippen LogP contribution in [0.5, 0.6) is 0 Å². The molecule has 0 aromatic rings. The summed E-state index contributed by atoms with van der Waals surface area (Å²) in [6.07, 6.45) is -0.449. The smallest absolute Gasteiger partial charge is 0.0667 e. The molecule has 0 fully saturated rings. The Labute approximate surface area is 44.8 Å². The van der Waals surface area contributed by atoms with E-state index in [-0.39, 0.29) is 0 Å². The largest absolute Gasteiger partial charge is 0.392 e. The van der Waals surface area contributed by atoms with E-state index >= 15 is 0 Å². The molecule has 0 unspecified atom stereocenters. The van der Waals surface area contributed by atoms with E-state index in [9.17, 15) is 0 Å². The summed E-state index contributed by atoms with van der Waals surface area (Å²) in [4.78, 5) is 1.89. The number of aliphatic hydroxyl groups is 1. The molecule has 0 heterocycles. The molecule has 7 heavy (non-hydrogen) atoms. The normalized spacial score (nSPS) is 15.0. The number of likely N-dealkylation sites (N-methyl/N-ethyl adjacent to an activating group) is 1. The monoisotopic (exact) mass is 102 g/mol. The Balaban J connectivity index is 2.95. The Morgan fingerprint density at radius 3 is 2.14 bits per heavy atom. The van der Waals surface area contributed by atoms with Crippen molar-refractivity contribution in [2.45, 2.75) is 6.10 Å². The average Bonchev–Trinajstić information content (AvgIpc) is 1.27. The van der Waals surface area contributed by atoms with Crippen molar-refractivity contribution in [1.82, 2.24) is 4.90 Å². The molecule has 0 aliphatic rings. The summed E-state index contributed by atoms with van der Waals surface area (Å²) in [5.74, 6) is 0. The first-order chi connectivity index (χ1) is 3.13. The van der Waals surface area contributed by atoms with Gasteiger partial charge in [0.05, 0.1) is 6.10 Å². The molecule has 2 nitrogen and oxygen atoms in total. The zero-order chi connectivity index (χ0) is 5.86. The molecule has 0 aliphatic heterocycles. The number of hydrogen-bond acceptors (Lipinski definition) is 2. The molecule has 0 spiro atoms. The molecule has 0 rings (SSSR count). The number of aliphatic hydroxyl groups excluding tert-OH is 1. The molecule has 0 saturated carbocycles. The molecule has 1 atom stereocenters. The van der Waals surface area contributed by atoms with Crippen molar-refractivity contribution in [2.24, 2.45) is 0 Å². The summed E-state index contributed by atoms with van der Waals surface area (Å²) in [6.45, 7) is 4.03. The zero-order valence-corrected chi connectivity index (χ0v) is 4.89. The Kier molecular flexibility index (Phi) is 2.96. The highest BCUT2D eigenvalue weighted by Gasteiger charge is 1.94. The second kappa shape index (κ2) is 2.99. The summed E-state index contributed by atoms with van der Waals surface area (Å²) in [5.41, 5.74) is 0. The van der Waals surface area contributed by atoms with E-state index in [2.05, 4.69) is 6.92 Å². The Morgan fingerprint density at radius 1 is 1.71 bits per heavy atom. The maximum Gasteiger partial charge on any atom is 0.0667 e. The van der Waals surface area contributed by atoms with Gasteiger partial charge < -0.3 is 10.0 Å². The molecule has 1 N–H and O–H groups in total. The first-order valence-electron chi connectivity index (χ1n) is 2.29. The second-order valence-corrected chi connectivity index (χ2v) is 1.92. The van der Waals surface area contributed by atoms with Crippen molar-refractivity contribution in [2.75, 3.05) is 20.6 Å². The number of nitrogens with zero attached hydrogens (tertiary/aromatic N) is 1. The molecule has 0 aromatic heterocycles. The maximum atomic E-state index is 8.57. The Morgan fingerprint density at radius 2 is 2.14 bits per heavy atom. The van der Waals surface area contributed by atoms with Crippen LogP contribution < -0.4 is 0 Å². The minimum Gasteiger partial charge on any atom is -0.392 e. The lowest BCUT2D eigenvalue weighted by Gasteiger charge is -2.10. The van der Waals surface area contributed by atoms with Gasteiger partial charge >= 0.3 is 0 Å². The standard InChI is InChI=1S/C5H12NO/c1-5(7)4-6(2)3/h5,7H,1,4H2,2-3H3/t5-/m0/s1. The number of hydrogen-bond donors (Lipinski definition) is 1. The van der Waals surface area contributed by atoms with Crippen molar-refractivity contribution in [3.05, 3.63) is 6.92 Å². The Hall–Kier alpha value is -0.0800. The SMILES string of the molecule is [CH2][C@H](O)CN(C)C. The summed E-state index contributed by atoms with van der Waals surface area (Å²) in [5, 5.41) is 8.57. The quantitative estimate of drug-likeness (QED) is 0.519. The fourth-order valence-corrected chi connectivity index (χ4v) is 0.421. The topological polar surface area (TPSA) is 23.5 Å². The van der Waals surface area contributed by atoms with Gasteiger partial charge in [0.25, 0.3) is 0 Å². The van der Waals surface area contributed by atoms with Crippen LogP contribution in [0.1, 0.15) is 0 Å². The van der Waals surface area contributed by atoms with Gasteiger partial charge in [0.1, 0.15) is 0 Å². The van der Waals surface area contributed by atoms with Gasteiger partial charge in [0.2, 0.25) is 0 Å². The van der Waals surface area contributed by atoms with Crippen LogP contribution in [0.3, 0.4) is 0 Å². The highest BCUT2D eigenvalue weighted by Crippen LogP contribution is 1.79. The third-order valence-electron chi connectivity index (χ3n) is 0.576. The van der Waals surface area contributed by atoms with Crippen LogP contribution in [-0.4, -0.2) is 36.8 Å². The average molecular weight is 102 g/mol. The van der Waals surface area contributed by atoms with E-state index in [0.717, 1.165) is 0 Å². The van der Waals surface area contributed by atoms with E-state index in [0.29, 0.717) is 6.54 Å². The maximum absolute atomic E-state index is 8.57. The molecule has 0 aliphatic carbocycles. The highest BCUT2D eigenvalue weighted by atomic mass is 16.3. The van der Waals surface area contributed by atoms with Gasteiger partial charge in [-0.25, -0.2) is 0 Å². The van der Waals surface area contributed by atoms with Gasteiger partial charge in [0.15, 0.2) is 0 Å². The third-order valence-corrected chi connectivity index (χ3v) is 0.576. The van der Waals surface area contributed by atoms with Crippen LogP contribution in [0.4, 0.5) is 0 Å². The van der Waals surface area contributed by atoms with E-state index in [1.165, 1.54) is 0 Å². The van der Waals surface area contributed by atoms with Gasteiger partial charge in [0, 0.05) is 6.54 Å². The van der Waals surface area contributed by atoms with Gasteiger partial charge in [-0.3, -0.25) is 0 Å². The fraction of sp³-hybridized carbons (Fsp3) is 0.800. The van der Waals surface area contributed by atoms with Gasteiger partial charge in [-0.2, -0.15) is 0 Å². The van der Waals surface area contributed by atoms with Gasteiger partial charge in [-0.1, -0.05) is 0 Å². The van der Waals surface area contributed by atoms with E-state index in [1.54, 1.807) is 0 Å². The summed E-state index contributed by atoms with van der Waals surface area (Å²) < 4.78 is 0. The number of rotatable bonds is 2. The van der Waals surface area contributed by atoms with Crippen LogP contribution in [0.2, 0.25) is 0 Å². The van der Waals surface area contributed by atoms with Gasteiger partial charge in [-0.15, -0.1) is 0 Å². The van der Waals surface area contributed by atoms with Crippen molar-refractivity contribution in [1.29, 1.82) is 0 Å². The van der Waals surface area contributed by atoms with E-state index in [4.69, 9.17) is 5.11 Å². The van der Waals surface area contributed by atoms with Crippen LogP contribution in [-0.2, 0) is 0 Å². The van der Waals surface area contributed by atoms with Crippen LogP contribution in [0, 0.1) is 6.92 Å². The fourth-order valence-electron chi connectivity index (χ4n) is 0.421. The van der Waals surface area contributed by atoms with Gasteiger partial charge in [-0.05, 0) is 21.0 Å². The highest BCUT2D eigenvalue weighted by molar-refractivity contribution is 4.58. The third kappa shape index (κ3) is 5.92. The predicted octanol–water partition coefficient (Wildman–Crippen LogP) is -0.257. The van der Waals surface area contributed by atoms with Crippen molar-refractivity contribution < 1.29 is 5.11 Å². The molecular weight excluding hydrogens is 90.1 g/mol. The van der Waals surface area contributed by atoms with Crippen LogP contribution in [0.25, 0.3) is 0 Å². The first kappa shape index (κ1) is 6.92. The second-order valence-electron chi connectivity index (χ2n) is 1.92. The first-order valence-corrected chi connectivity index (χ1v) is 2.29. The minimum atomic E-state index is -0.449. The lowest BCUT2D eigenvalue weighted by Crippen LogP contribution is -2.22. The molecule has 0 bridgehead atoms. The van der Waals surface area contributed by atoms with Crippen molar-refractivity contribution in [3.8, 4) is 0 Å². The molecular formula is C5H12NO. The van der Waals surface area contributed by atoms with Crippen LogP contribution in [0.15, 0.2) is 0 Å². The van der Waals surface area contributed by atoms with E-state index < -0.39 is 6.10 Å². The molecule has 1 radical (unpaired) electrons.